The van der Waals surface area contributed by atoms with Crippen molar-refractivity contribution in [2.75, 3.05) is 6.54 Å². The molecule has 4 saturated carbocycles. The van der Waals surface area contributed by atoms with E-state index >= 15 is 0 Å². The van der Waals surface area contributed by atoms with Gasteiger partial charge in [-0.2, -0.15) is 0 Å². The van der Waals surface area contributed by atoms with Crippen LogP contribution in [0.25, 0.3) is 0 Å². The minimum Gasteiger partial charge on any atom is -0.481 e. The molecule has 4 fully saturated rings. The first kappa shape index (κ1) is 37.4. The summed E-state index contributed by atoms with van der Waals surface area (Å²) < 4.78 is 6.27. The second-order valence-electron chi connectivity index (χ2n) is 19.1. The Bertz CT molecular complexity index is 1250. The highest BCUT2D eigenvalue weighted by Crippen LogP contribution is 2.75. The fourth-order valence-corrected chi connectivity index (χ4v) is 12.5. The van der Waals surface area contributed by atoms with E-state index in [4.69, 9.17) is 9.84 Å². The van der Waals surface area contributed by atoms with Crippen LogP contribution in [-0.2, 0) is 19.1 Å². The van der Waals surface area contributed by atoms with E-state index < -0.39 is 5.97 Å². The van der Waals surface area contributed by atoms with Crippen molar-refractivity contribution in [2.45, 2.75) is 177 Å². The van der Waals surface area contributed by atoms with Gasteiger partial charge in [0.15, 0.2) is 0 Å². The first-order valence-corrected chi connectivity index (χ1v) is 19.9. The number of ether oxygens (including phenoxy) is 1. The lowest BCUT2D eigenvalue weighted by Gasteiger charge is -2.71. The molecule has 6 nitrogen and oxygen atoms in total. The van der Waals surface area contributed by atoms with Gasteiger partial charge in [0.2, 0.25) is 5.91 Å². The SMILES string of the molecule is CCCCCC(=O)O[C@H]1CC[C@@]2(C)C(CC[C@]3(C)C2CC=C2C4CC(C)(C)CC[C@]4(C(=O)NCCCCCC(=O)O)CC[C@]23C)C1(C)C. The van der Waals surface area contributed by atoms with Crippen molar-refractivity contribution in [1.82, 2.24) is 5.32 Å². The maximum absolute atomic E-state index is 14.3. The van der Waals surface area contributed by atoms with E-state index in [-0.39, 0.29) is 62.8 Å². The van der Waals surface area contributed by atoms with Gasteiger partial charge in [0, 0.05) is 24.8 Å². The first-order valence-electron chi connectivity index (χ1n) is 19.9. The summed E-state index contributed by atoms with van der Waals surface area (Å²) >= 11 is 0. The molecule has 0 aromatic carbocycles. The molecule has 272 valence electrons. The van der Waals surface area contributed by atoms with Crippen LogP contribution in [0.4, 0.5) is 0 Å². The molecule has 0 aliphatic heterocycles. The second-order valence-corrected chi connectivity index (χ2v) is 19.1. The number of unbranched alkanes of at least 4 members (excludes halogenated alkanes) is 4. The monoisotopic (exact) mass is 668 g/mol. The second kappa shape index (κ2) is 13.7. The van der Waals surface area contributed by atoms with Gasteiger partial charge in [0.25, 0.3) is 0 Å². The van der Waals surface area contributed by atoms with Crippen LogP contribution in [0.2, 0.25) is 0 Å². The van der Waals surface area contributed by atoms with Crippen LogP contribution in [-0.4, -0.2) is 35.6 Å². The third-order valence-corrected chi connectivity index (χ3v) is 15.6. The van der Waals surface area contributed by atoms with Crippen LogP contribution in [0, 0.1) is 50.2 Å². The Morgan fingerprint density at radius 2 is 1.54 bits per heavy atom. The minimum atomic E-state index is -0.745. The van der Waals surface area contributed by atoms with Gasteiger partial charge in [-0.3, -0.25) is 14.4 Å². The van der Waals surface area contributed by atoms with Crippen molar-refractivity contribution in [3.05, 3.63) is 11.6 Å². The van der Waals surface area contributed by atoms with Crippen LogP contribution in [0.15, 0.2) is 11.6 Å². The highest BCUT2D eigenvalue weighted by atomic mass is 16.5. The molecular weight excluding hydrogens is 598 g/mol. The summed E-state index contributed by atoms with van der Waals surface area (Å²) in [7, 11) is 0. The zero-order chi connectivity index (χ0) is 35.2. The average molecular weight is 668 g/mol. The number of carboxylic acid groups (broad SMARTS) is 1. The van der Waals surface area contributed by atoms with E-state index in [2.05, 4.69) is 66.8 Å². The lowest BCUT2D eigenvalue weighted by Crippen LogP contribution is -2.65. The topological polar surface area (TPSA) is 92.7 Å². The lowest BCUT2D eigenvalue weighted by molar-refractivity contribution is -0.213. The molecule has 0 saturated heterocycles. The molecule has 5 aliphatic carbocycles. The standard InChI is InChI=1S/C42H69NO5/c1-9-10-12-16-35(46)48-33-20-21-39(6)31(38(33,4)5)19-22-41(8)32(39)18-17-29-30-28-37(2,3)23-25-42(30,26-24-40(29,41)7)36(47)43-27-14-11-13-15-34(44)45/h17,30-33H,9-16,18-28H2,1-8H3,(H,43,47)(H,44,45)/t30?,31?,32?,33-,39-,40+,41+,42-/m0/s1. The van der Waals surface area contributed by atoms with Crippen molar-refractivity contribution >= 4 is 17.8 Å². The molecule has 0 bridgehead atoms. The molecule has 0 spiro atoms. The summed E-state index contributed by atoms with van der Waals surface area (Å²) in [5.74, 6) is 0.853. The molecule has 5 aliphatic rings. The molecule has 48 heavy (non-hydrogen) atoms. The Kier molecular flexibility index (Phi) is 10.7. The van der Waals surface area contributed by atoms with E-state index in [1.807, 2.05) is 0 Å². The van der Waals surface area contributed by atoms with Crippen LogP contribution >= 0.6 is 0 Å². The number of fused-ring (bicyclic) bond motifs is 7. The van der Waals surface area contributed by atoms with E-state index in [0.717, 1.165) is 83.5 Å². The molecule has 0 aromatic heterocycles. The summed E-state index contributed by atoms with van der Waals surface area (Å²) in [6.07, 6.45) is 19.5. The zero-order valence-corrected chi connectivity index (χ0v) is 31.9. The van der Waals surface area contributed by atoms with Gasteiger partial charge in [-0.1, -0.05) is 86.3 Å². The van der Waals surface area contributed by atoms with Gasteiger partial charge in [-0.05, 0) is 123 Å². The number of carbonyl (C=O) groups excluding carboxylic acids is 2. The number of allylic oxidation sites excluding steroid dienone is 2. The van der Waals surface area contributed by atoms with Crippen LogP contribution in [0.1, 0.15) is 171 Å². The van der Waals surface area contributed by atoms with Crippen molar-refractivity contribution < 1.29 is 24.2 Å². The van der Waals surface area contributed by atoms with Crippen molar-refractivity contribution in [3.8, 4) is 0 Å². The van der Waals surface area contributed by atoms with Gasteiger partial charge >= 0.3 is 11.9 Å². The predicted octanol–water partition coefficient (Wildman–Crippen LogP) is 10.0. The molecule has 1 amide bonds. The maximum Gasteiger partial charge on any atom is 0.306 e. The van der Waals surface area contributed by atoms with Crippen LogP contribution < -0.4 is 5.32 Å². The molecule has 6 heteroatoms. The molecule has 0 aromatic rings. The zero-order valence-electron chi connectivity index (χ0n) is 31.9. The third kappa shape index (κ3) is 6.42. The average Bonchev–Trinajstić information content (AvgIpc) is 3.00. The molecule has 0 heterocycles. The van der Waals surface area contributed by atoms with Crippen LogP contribution in [0.5, 0.6) is 0 Å². The summed E-state index contributed by atoms with van der Waals surface area (Å²) in [5, 5.41) is 12.3. The number of carbonyl (C=O) groups is 3. The van der Waals surface area contributed by atoms with E-state index in [1.165, 1.54) is 12.8 Å². The molecule has 5 rings (SSSR count). The highest BCUT2D eigenvalue weighted by molar-refractivity contribution is 5.84. The van der Waals surface area contributed by atoms with Crippen molar-refractivity contribution in [3.63, 3.8) is 0 Å². The minimum absolute atomic E-state index is 0.00483. The number of hydrogen-bond acceptors (Lipinski definition) is 4. The summed E-state index contributed by atoms with van der Waals surface area (Å²) in [5.41, 5.74) is 1.82. The number of nitrogens with one attached hydrogen (secondary N) is 1. The Hall–Kier alpha value is -1.85. The number of esters is 1. The Morgan fingerprint density at radius 3 is 2.25 bits per heavy atom. The summed E-state index contributed by atoms with van der Waals surface area (Å²) in [6, 6.07) is 0. The van der Waals surface area contributed by atoms with Crippen molar-refractivity contribution in [1.29, 1.82) is 0 Å². The molecule has 3 unspecified atom stereocenters. The largest absolute Gasteiger partial charge is 0.481 e. The smallest absolute Gasteiger partial charge is 0.306 e. The highest BCUT2D eigenvalue weighted by Gasteiger charge is 2.69. The summed E-state index contributed by atoms with van der Waals surface area (Å²) in [6.45, 7) is 20.2. The lowest BCUT2D eigenvalue weighted by atomic mass is 9.33. The molecule has 2 N–H and O–H groups in total. The fourth-order valence-electron chi connectivity index (χ4n) is 12.5. The molecular formula is C42H69NO5. The number of rotatable bonds is 12. The van der Waals surface area contributed by atoms with Gasteiger partial charge in [0.1, 0.15) is 6.10 Å². The van der Waals surface area contributed by atoms with Crippen LogP contribution in [0.3, 0.4) is 0 Å². The summed E-state index contributed by atoms with van der Waals surface area (Å²) in [4.78, 5) is 38.1. The molecule has 8 atom stereocenters. The van der Waals surface area contributed by atoms with E-state index in [1.54, 1.807) is 5.57 Å². The number of carboxylic acids is 1. The van der Waals surface area contributed by atoms with Gasteiger partial charge < -0.3 is 15.2 Å². The van der Waals surface area contributed by atoms with Crippen molar-refractivity contribution in [2.24, 2.45) is 50.2 Å². The number of amides is 1. The Morgan fingerprint density at radius 1 is 0.833 bits per heavy atom. The fraction of sp³-hybridized carbons (Fsp3) is 0.881. The number of hydrogen-bond donors (Lipinski definition) is 2. The third-order valence-electron chi connectivity index (χ3n) is 15.6. The van der Waals surface area contributed by atoms with Gasteiger partial charge in [0.05, 0.1) is 5.41 Å². The Balaban J connectivity index is 1.37. The quantitative estimate of drug-likeness (QED) is 0.123. The van der Waals surface area contributed by atoms with Gasteiger partial charge in [-0.15, -0.1) is 0 Å². The normalized spacial score (nSPS) is 39.5. The van der Waals surface area contributed by atoms with Gasteiger partial charge in [-0.25, -0.2) is 0 Å². The Labute approximate surface area is 292 Å². The number of aliphatic carboxylic acids is 1. The van der Waals surface area contributed by atoms with E-state index in [9.17, 15) is 14.4 Å². The van der Waals surface area contributed by atoms with E-state index in [0.29, 0.717) is 31.2 Å². The molecule has 0 radical (unpaired) electrons. The maximum atomic E-state index is 14.3. The first-order chi connectivity index (χ1) is 22.5. The predicted molar refractivity (Wildman–Crippen MR) is 192 cm³/mol.